The Kier molecular flexibility index (Phi) is 5.87. The Morgan fingerprint density at radius 3 is 2.44 bits per heavy atom. The minimum absolute atomic E-state index is 0.365. The molecule has 2 heteroatoms. The first-order chi connectivity index (χ1) is 8.35. The van der Waals surface area contributed by atoms with Crippen molar-refractivity contribution in [1.29, 1.82) is 0 Å². The van der Waals surface area contributed by atoms with Crippen LogP contribution in [0.5, 0.6) is 0 Å². The number of hydrogen-bond donors (Lipinski definition) is 1. The van der Waals surface area contributed by atoms with Crippen LogP contribution in [0.3, 0.4) is 0 Å². The molecule has 1 rings (SSSR count). The first kappa shape index (κ1) is 15.7. The van der Waals surface area contributed by atoms with E-state index in [-0.39, 0.29) is 0 Å². The van der Waals surface area contributed by atoms with Crippen molar-refractivity contribution in [3.63, 3.8) is 0 Å². The van der Waals surface area contributed by atoms with E-state index in [2.05, 4.69) is 68.0 Å². The van der Waals surface area contributed by atoms with Gasteiger partial charge in [0.25, 0.3) is 0 Å². The molecule has 1 aromatic rings. The van der Waals surface area contributed by atoms with E-state index in [1.807, 2.05) is 0 Å². The van der Waals surface area contributed by atoms with Gasteiger partial charge in [-0.05, 0) is 61.4 Å². The predicted octanol–water partition coefficient (Wildman–Crippen LogP) is 4.63. The molecule has 1 aromatic carbocycles. The predicted molar refractivity (Wildman–Crippen MR) is 84.3 cm³/mol. The average molecular weight is 312 g/mol. The number of nitrogens with one attached hydrogen (secondary N) is 1. The SMILES string of the molecule is CCNCC(C)(C)CCc1cc(C)c(Br)cc1C. The zero-order valence-electron chi connectivity index (χ0n) is 12.4. The lowest BCUT2D eigenvalue weighted by molar-refractivity contribution is 0.317. The highest BCUT2D eigenvalue weighted by Gasteiger charge is 2.17. The van der Waals surface area contributed by atoms with Gasteiger partial charge in [0.05, 0.1) is 0 Å². The molecule has 0 saturated carbocycles. The van der Waals surface area contributed by atoms with Gasteiger partial charge in [-0.15, -0.1) is 0 Å². The van der Waals surface area contributed by atoms with E-state index >= 15 is 0 Å². The number of halogens is 1. The van der Waals surface area contributed by atoms with E-state index in [4.69, 9.17) is 0 Å². The Morgan fingerprint density at radius 1 is 1.17 bits per heavy atom. The zero-order valence-corrected chi connectivity index (χ0v) is 13.9. The van der Waals surface area contributed by atoms with E-state index in [0.29, 0.717) is 5.41 Å². The van der Waals surface area contributed by atoms with Crippen LogP contribution < -0.4 is 5.32 Å². The van der Waals surface area contributed by atoms with Gasteiger partial charge in [-0.2, -0.15) is 0 Å². The van der Waals surface area contributed by atoms with Gasteiger partial charge in [0.15, 0.2) is 0 Å². The summed E-state index contributed by atoms with van der Waals surface area (Å²) in [5.74, 6) is 0. The Morgan fingerprint density at radius 2 is 1.83 bits per heavy atom. The van der Waals surface area contributed by atoms with Crippen LogP contribution in [0.15, 0.2) is 16.6 Å². The first-order valence-electron chi connectivity index (χ1n) is 6.82. The summed E-state index contributed by atoms with van der Waals surface area (Å²) in [5, 5.41) is 3.45. The molecule has 0 atom stereocenters. The summed E-state index contributed by atoms with van der Waals surface area (Å²) in [7, 11) is 0. The Bertz CT molecular complexity index is 396. The molecule has 0 bridgehead atoms. The summed E-state index contributed by atoms with van der Waals surface area (Å²) in [4.78, 5) is 0. The maximum absolute atomic E-state index is 3.59. The van der Waals surface area contributed by atoms with Crippen molar-refractivity contribution >= 4 is 15.9 Å². The van der Waals surface area contributed by atoms with Gasteiger partial charge in [0.1, 0.15) is 0 Å². The number of rotatable bonds is 6. The van der Waals surface area contributed by atoms with Crippen molar-refractivity contribution < 1.29 is 0 Å². The van der Waals surface area contributed by atoms with E-state index in [1.54, 1.807) is 0 Å². The molecule has 0 aliphatic carbocycles. The lowest BCUT2D eigenvalue weighted by Gasteiger charge is -2.25. The van der Waals surface area contributed by atoms with Crippen LogP contribution in [0.1, 0.15) is 43.9 Å². The molecule has 0 aliphatic heterocycles. The van der Waals surface area contributed by atoms with E-state index < -0.39 is 0 Å². The van der Waals surface area contributed by atoms with Crippen molar-refractivity contribution in [1.82, 2.24) is 5.32 Å². The van der Waals surface area contributed by atoms with E-state index in [1.165, 1.54) is 34.0 Å². The Balaban J connectivity index is 2.66. The summed E-state index contributed by atoms with van der Waals surface area (Å²) in [6, 6.07) is 4.56. The van der Waals surface area contributed by atoms with Crippen LogP contribution in [-0.2, 0) is 6.42 Å². The summed E-state index contributed by atoms with van der Waals surface area (Å²) in [5.41, 5.74) is 4.58. The van der Waals surface area contributed by atoms with Gasteiger partial charge in [-0.25, -0.2) is 0 Å². The molecule has 0 spiro atoms. The monoisotopic (exact) mass is 311 g/mol. The molecule has 0 unspecified atom stereocenters. The molecule has 0 heterocycles. The highest BCUT2D eigenvalue weighted by molar-refractivity contribution is 9.10. The van der Waals surface area contributed by atoms with Crippen LogP contribution in [0.2, 0.25) is 0 Å². The minimum Gasteiger partial charge on any atom is -0.316 e. The third-order valence-electron chi connectivity index (χ3n) is 3.54. The standard InChI is InChI=1S/C16H26BrN/c1-6-18-11-16(4,5)8-7-14-9-13(3)15(17)10-12(14)2/h9-10,18H,6-8,11H2,1-5H3. The zero-order chi connectivity index (χ0) is 13.8. The highest BCUT2D eigenvalue weighted by Crippen LogP contribution is 2.26. The molecular weight excluding hydrogens is 286 g/mol. The topological polar surface area (TPSA) is 12.0 Å². The van der Waals surface area contributed by atoms with Crippen molar-refractivity contribution in [2.45, 2.75) is 47.5 Å². The highest BCUT2D eigenvalue weighted by atomic mass is 79.9. The van der Waals surface area contributed by atoms with Crippen molar-refractivity contribution in [3.8, 4) is 0 Å². The molecular formula is C16H26BrN. The summed E-state index contributed by atoms with van der Waals surface area (Å²) in [6.07, 6.45) is 2.39. The molecule has 0 aromatic heterocycles. The van der Waals surface area contributed by atoms with Crippen LogP contribution >= 0.6 is 15.9 Å². The van der Waals surface area contributed by atoms with Crippen LogP contribution in [0, 0.1) is 19.3 Å². The van der Waals surface area contributed by atoms with Gasteiger partial charge in [-0.3, -0.25) is 0 Å². The molecule has 0 saturated heterocycles. The smallest absolute Gasteiger partial charge is 0.0207 e. The lowest BCUT2D eigenvalue weighted by atomic mass is 9.85. The minimum atomic E-state index is 0.365. The molecule has 0 radical (unpaired) electrons. The quantitative estimate of drug-likeness (QED) is 0.807. The normalized spacial score (nSPS) is 11.9. The van der Waals surface area contributed by atoms with Gasteiger partial charge in [0.2, 0.25) is 0 Å². The largest absolute Gasteiger partial charge is 0.316 e. The van der Waals surface area contributed by atoms with Gasteiger partial charge in [0, 0.05) is 11.0 Å². The average Bonchev–Trinajstić information content (AvgIpc) is 2.30. The fourth-order valence-electron chi connectivity index (χ4n) is 2.13. The molecule has 0 amide bonds. The molecule has 1 nitrogen and oxygen atoms in total. The summed E-state index contributed by atoms with van der Waals surface area (Å²) < 4.78 is 1.22. The second-order valence-corrected chi connectivity index (χ2v) is 6.83. The maximum Gasteiger partial charge on any atom is 0.0207 e. The van der Waals surface area contributed by atoms with Crippen molar-refractivity contribution in [3.05, 3.63) is 33.3 Å². The summed E-state index contributed by atoms with van der Waals surface area (Å²) in [6.45, 7) is 13.4. The maximum atomic E-state index is 3.59. The second kappa shape index (κ2) is 6.72. The third kappa shape index (κ3) is 4.74. The van der Waals surface area contributed by atoms with Gasteiger partial charge >= 0.3 is 0 Å². The van der Waals surface area contributed by atoms with Crippen LogP contribution in [0.25, 0.3) is 0 Å². The fraction of sp³-hybridized carbons (Fsp3) is 0.625. The lowest BCUT2D eigenvalue weighted by Crippen LogP contribution is -2.29. The molecule has 18 heavy (non-hydrogen) atoms. The molecule has 1 N–H and O–H groups in total. The first-order valence-corrected chi connectivity index (χ1v) is 7.61. The third-order valence-corrected chi connectivity index (χ3v) is 4.40. The van der Waals surface area contributed by atoms with E-state index in [9.17, 15) is 0 Å². The molecule has 102 valence electrons. The van der Waals surface area contributed by atoms with Crippen LogP contribution in [0.4, 0.5) is 0 Å². The Hall–Kier alpha value is -0.340. The van der Waals surface area contributed by atoms with Crippen molar-refractivity contribution in [2.75, 3.05) is 13.1 Å². The Labute approximate surface area is 120 Å². The molecule has 0 fully saturated rings. The molecule has 0 aliphatic rings. The fourth-order valence-corrected chi connectivity index (χ4v) is 2.59. The van der Waals surface area contributed by atoms with Gasteiger partial charge in [-0.1, -0.05) is 42.8 Å². The van der Waals surface area contributed by atoms with Crippen LogP contribution in [-0.4, -0.2) is 13.1 Å². The van der Waals surface area contributed by atoms with Gasteiger partial charge < -0.3 is 5.32 Å². The second-order valence-electron chi connectivity index (χ2n) is 5.97. The number of hydrogen-bond acceptors (Lipinski definition) is 1. The van der Waals surface area contributed by atoms with E-state index in [0.717, 1.165) is 13.1 Å². The van der Waals surface area contributed by atoms with Crippen molar-refractivity contribution in [2.24, 2.45) is 5.41 Å². The number of benzene rings is 1. The summed E-state index contributed by atoms with van der Waals surface area (Å²) >= 11 is 3.59. The number of aryl methyl sites for hydroxylation is 3.